The molecule has 0 aliphatic carbocycles. The molecular formula is C14H18N4O3. The number of nitro benzene ring substituents is 1. The van der Waals surface area contributed by atoms with Gasteiger partial charge in [0.2, 0.25) is 11.7 Å². The second-order valence-corrected chi connectivity index (χ2v) is 4.87. The van der Waals surface area contributed by atoms with E-state index in [1.165, 1.54) is 6.07 Å². The largest absolute Gasteiger partial charge is 0.339 e. The first-order valence-electron chi connectivity index (χ1n) is 6.85. The number of nitrogens with zero attached hydrogens (tertiary/aromatic N) is 3. The van der Waals surface area contributed by atoms with E-state index < -0.39 is 4.92 Å². The second kappa shape index (κ2) is 6.45. The minimum atomic E-state index is -0.448. The Kier molecular flexibility index (Phi) is 4.64. The third kappa shape index (κ3) is 3.25. The number of likely N-dealkylation sites (N-methyl/N-ethyl adjacent to an activating group) is 1. The molecule has 7 nitrogen and oxygen atoms in total. The molecule has 0 radical (unpaired) electrons. The summed E-state index contributed by atoms with van der Waals surface area (Å²) in [5.74, 6) is 0.735. The van der Waals surface area contributed by atoms with Crippen molar-refractivity contribution >= 4 is 5.69 Å². The molecule has 0 aliphatic heterocycles. The quantitative estimate of drug-likeness (QED) is 0.649. The van der Waals surface area contributed by atoms with Gasteiger partial charge in [-0.05, 0) is 19.5 Å². The molecule has 7 heteroatoms. The maximum absolute atomic E-state index is 11.0. The average molecular weight is 290 g/mol. The first-order valence-corrected chi connectivity index (χ1v) is 6.85. The summed E-state index contributed by atoms with van der Waals surface area (Å²) >= 11 is 0. The van der Waals surface area contributed by atoms with Gasteiger partial charge in [0, 0.05) is 12.1 Å². The summed E-state index contributed by atoms with van der Waals surface area (Å²) in [4.78, 5) is 14.9. The van der Waals surface area contributed by atoms with Crippen molar-refractivity contribution in [2.75, 3.05) is 6.54 Å². The molecule has 0 amide bonds. The fraction of sp³-hybridized carbons (Fsp3) is 0.429. The third-order valence-corrected chi connectivity index (χ3v) is 3.45. The van der Waals surface area contributed by atoms with Gasteiger partial charge in [-0.1, -0.05) is 31.1 Å². The van der Waals surface area contributed by atoms with Crippen LogP contribution in [0.1, 0.15) is 32.6 Å². The van der Waals surface area contributed by atoms with Crippen molar-refractivity contribution in [2.45, 2.75) is 32.7 Å². The van der Waals surface area contributed by atoms with Crippen LogP contribution in [0.4, 0.5) is 5.69 Å². The predicted molar refractivity (Wildman–Crippen MR) is 77.9 cm³/mol. The zero-order valence-electron chi connectivity index (χ0n) is 12.2. The number of nitrogens with one attached hydrogen (secondary N) is 1. The van der Waals surface area contributed by atoms with Crippen LogP contribution < -0.4 is 5.32 Å². The van der Waals surface area contributed by atoms with Crippen LogP contribution in [-0.4, -0.2) is 27.7 Å². The number of hydrogen-bond acceptors (Lipinski definition) is 6. The van der Waals surface area contributed by atoms with E-state index in [1.54, 1.807) is 18.2 Å². The maximum atomic E-state index is 11.0. The standard InChI is InChI=1S/C14H18N4O3/c1-4-15-10(3)9(2)14-16-13(17-21-14)11-7-5-6-8-12(11)18(19)20/h5-10,15H,4H2,1-3H3. The van der Waals surface area contributed by atoms with Gasteiger partial charge in [-0.15, -0.1) is 0 Å². The zero-order valence-corrected chi connectivity index (χ0v) is 12.2. The Morgan fingerprint density at radius 3 is 2.76 bits per heavy atom. The molecule has 2 atom stereocenters. The monoisotopic (exact) mass is 290 g/mol. The van der Waals surface area contributed by atoms with Gasteiger partial charge in [0.1, 0.15) is 5.56 Å². The van der Waals surface area contributed by atoms with Crippen molar-refractivity contribution in [2.24, 2.45) is 0 Å². The highest BCUT2D eigenvalue weighted by Gasteiger charge is 2.23. The molecule has 0 fully saturated rings. The topological polar surface area (TPSA) is 94.1 Å². The lowest BCUT2D eigenvalue weighted by Gasteiger charge is -2.16. The number of aromatic nitrogens is 2. The van der Waals surface area contributed by atoms with Gasteiger partial charge in [-0.25, -0.2) is 0 Å². The summed E-state index contributed by atoms with van der Waals surface area (Å²) < 4.78 is 5.26. The SMILES string of the molecule is CCNC(C)C(C)c1nc(-c2ccccc2[N+](=O)[O-])no1. The number of para-hydroxylation sites is 1. The number of rotatable bonds is 6. The highest BCUT2D eigenvalue weighted by molar-refractivity contribution is 5.67. The summed E-state index contributed by atoms with van der Waals surface area (Å²) in [6, 6.07) is 6.54. The van der Waals surface area contributed by atoms with Crippen molar-refractivity contribution < 1.29 is 9.45 Å². The first-order chi connectivity index (χ1) is 10.0. The smallest absolute Gasteiger partial charge is 0.280 e. The summed E-state index contributed by atoms with van der Waals surface area (Å²) in [6.45, 7) is 6.87. The van der Waals surface area contributed by atoms with Crippen molar-refractivity contribution in [1.29, 1.82) is 0 Å². The van der Waals surface area contributed by atoms with E-state index in [9.17, 15) is 10.1 Å². The molecule has 1 aromatic heterocycles. The van der Waals surface area contributed by atoms with Gasteiger partial charge < -0.3 is 9.84 Å². The lowest BCUT2D eigenvalue weighted by Crippen LogP contribution is -2.30. The Labute approximate surface area is 122 Å². The van der Waals surface area contributed by atoms with E-state index in [0.717, 1.165) is 6.54 Å². The fourth-order valence-electron chi connectivity index (χ4n) is 2.06. The van der Waals surface area contributed by atoms with Crippen LogP contribution in [0.25, 0.3) is 11.4 Å². The lowest BCUT2D eigenvalue weighted by atomic mass is 10.0. The normalized spacial score (nSPS) is 13.9. The van der Waals surface area contributed by atoms with E-state index in [4.69, 9.17) is 4.52 Å². The van der Waals surface area contributed by atoms with E-state index in [0.29, 0.717) is 11.5 Å². The van der Waals surface area contributed by atoms with Crippen LogP contribution in [0, 0.1) is 10.1 Å². The Hall–Kier alpha value is -2.28. The predicted octanol–water partition coefficient (Wildman–Crippen LogP) is 2.75. The van der Waals surface area contributed by atoms with Crippen LogP contribution in [0.5, 0.6) is 0 Å². The summed E-state index contributed by atoms with van der Waals surface area (Å²) in [6.07, 6.45) is 0. The molecule has 0 saturated carbocycles. The molecular weight excluding hydrogens is 272 g/mol. The molecule has 21 heavy (non-hydrogen) atoms. The van der Waals surface area contributed by atoms with Gasteiger partial charge in [0.15, 0.2) is 0 Å². The van der Waals surface area contributed by atoms with Crippen LogP contribution in [-0.2, 0) is 0 Å². The Morgan fingerprint density at radius 2 is 2.10 bits per heavy atom. The van der Waals surface area contributed by atoms with Crippen molar-refractivity contribution in [3.8, 4) is 11.4 Å². The van der Waals surface area contributed by atoms with Crippen LogP contribution >= 0.6 is 0 Å². The third-order valence-electron chi connectivity index (χ3n) is 3.45. The van der Waals surface area contributed by atoms with Gasteiger partial charge in [-0.2, -0.15) is 4.98 Å². The van der Waals surface area contributed by atoms with Crippen molar-refractivity contribution in [3.63, 3.8) is 0 Å². The summed E-state index contributed by atoms with van der Waals surface area (Å²) in [7, 11) is 0. The number of benzene rings is 1. The summed E-state index contributed by atoms with van der Waals surface area (Å²) in [5.41, 5.74) is 0.332. The fourth-order valence-corrected chi connectivity index (χ4v) is 2.06. The molecule has 0 bridgehead atoms. The molecule has 0 saturated heterocycles. The lowest BCUT2D eigenvalue weighted by molar-refractivity contribution is -0.384. The van der Waals surface area contributed by atoms with E-state index in [2.05, 4.69) is 15.5 Å². The highest BCUT2D eigenvalue weighted by atomic mass is 16.6. The van der Waals surface area contributed by atoms with E-state index in [1.807, 2.05) is 20.8 Å². The molecule has 0 aliphatic rings. The van der Waals surface area contributed by atoms with Crippen LogP contribution in [0.3, 0.4) is 0 Å². The molecule has 1 N–H and O–H groups in total. The van der Waals surface area contributed by atoms with Crippen LogP contribution in [0.2, 0.25) is 0 Å². The second-order valence-electron chi connectivity index (χ2n) is 4.87. The average Bonchev–Trinajstić information content (AvgIpc) is 2.96. The Morgan fingerprint density at radius 1 is 1.38 bits per heavy atom. The van der Waals surface area contributed by atoms with Crippen molar-refractivity contribution in [1.82, 2.24) is 15.5 Å². The minimum Gasteiger partial charge on any atom is -0.339 e. The molecule has 2 rings (SSSR count). The molecule has 2 unspecified atom stereocenters. The molecule has 0 spiro atoms. The molecule has 2 aromatic rings. The van der Waals surface area contributed by atoms with Crippen molar-refractivity contribution in [3.05, 3.63) is 40.3 Å². The Balaban J connectivity index is 2.30. The van der Waals surface area contributed by atoms with Gasteiger partial charge in [0.05, 0.1) is 10.8 Å². The van der Waals surface area contributed by atoms with E-state index in [-0.39, 0.29) is 23.5 Å². The van der Waals surface area contributed by atoms with Gasteiger partial charge >= 0.3 is 0 Å². The minimum absolute atomic E-state index is 0.0222. The van der Waals surface area contributed by atoms with Gasteiger partial charge in [0.25, 0.3) is 5.69 Å². The van der Waals surface area contributed by atoms with Gasteiger partial charge in [-0.3, -0.25) is 10.1 Å². The summed E-state index contributed by atoms with van der Waals surface area (Å²) in [5, 5.41) is 18.2. The number of hydrogen-bond donors (Lipinski definition) is 1. The zero-order chi connectivity index (χ0) is 15.4. The maximum Gasteiger partial charge on any atom is 0.280 e. The van der Waals surface area contributed by atoms with E-state index >= 15 is 0 Å². The van der Waals surface area contributed by atoms with Crippen LogP contribution in [0.15, 0.2) is 28.8 Å². The number of nitro groups is 1. The molecule has 1 heterocycles. The highest BCUT2D eigenvalue weighted by Crippen LogP contribution is 2.28. The Bertz CT molecular complexity index is 626. The molecule has 112 valence electrons. The first kappa shape index (κ1) is 15.1. The molecule has 1 aromatic carbocycles.